The van der Waals surface area contributed by atoms with E-state index in [1.165, 1.54) is 6.08 Å². The fraction of sp³-hybridized carbons (Fsp3) is 0. The molecule has 0 unspecified atom stereocenters. The van der Waals surface area contributed by atoms with Crippen molar-refractivity contribution >= 4 is 17.5 Å². The van der Waals surface area contributed by atoms with Crippen molar-refractivity contribution in [2.75, 3.05) is 5.73 Å². The first-order valence-corrected chi connectivity index (χ1v) is 8.46. The molecule has 0 aliphatic carbocycles. The molecule has 28 heavy (non-hydrogen) atoms. The van der Waals surface area contributed by atoms with Gasteiger partial charge in [-0.2, -0.15) is 10.1 Å². The highest BCUT2D eigenvalue weighted by Gasteiger charge is 2.09. The van der Waals surface area contributed by atoms with Crippen LogP contribution >= 0.6 is 0 Å². The molecule has 0 aliphatic rings. The Bertz CT molecular complexity index is 1160. The number of H-pyrrole nitrogens is 1. The molecule has 7 heteroatoms. The van der Waals surface area contributed by atoms with Crippen LogP contribution in [0.25, 0.3) is 22.8 Å². The van der Waals surface area contributed by atoms with Crippen LogP contribution in [0, 0.1) is 0 Å². The number of carbonyl (C=O) groups excluding carboxylic acids is 1. The third-order valence-corrected chi connectivity index (χ3v) is 3.99. The number of aromatic nitrogens is 3. The summed E-state index contributed by atoms with van der Waals surface area (Å²) in [5.41, 5.74) is 8.45. The number of aliphatic imine (C=N–C) groups is 1. The number of isocyanates is 1. The van der Waals surface area contributed by atoms with Gasteiger partial charge < -0.3 is 10.5 Å². The topological polar surface area (TPSA) is 106 Å². The van der Waals surface area contributed by atoms with Crippen LogP contribution in [-0.4, -0.2) is 21.3 Å². The summed E-state index contributed by atoms with van der Waals surface area (Å²) in [7, 11) is 0. The summed E-state index contributed by atoms with van der Waals surface area (Å²) in [5.74, 6) is 2.46. The maximum Gasteiger partial charge on any atom is 0.240 e. The molecule has 0 fully saturated rings. The van der Waals surface area contributed by atoms with Gasteiger partial charge in [-0.15, -0.1) is 0 Å². The molecule has 7 nitrogen and oxygen atoms in total. The average Bonchev–Trinajstić information content (AvgIpc) is 3.21. The van der Waals surface area contributed by atoms with Crippen LogP contribution in [0.4, 0.5) is 11.4 Å². The molecule has 0 radical (unpaired) electrons. The first-order chi connectivity index (χ1) is 13.7. The number of nitrogens with two attached hydrogens (primary N) is 1. The quantitative estimate of drug-likeness (QED) is 0.306. The van der Waals surface area contributed by atoms with Crippen molar-refractivity contribution in [3.8, 4) is 34.3 Å². The third-order valence-electron chi connectivity index (χ3n) is 3.99. The van der Waals surface area contributed by atoms with Gasteiger partial charge in [0.15, 0.2) is 11.6 Å². The standard InChI is InChI=1S/C21H15N5O2/c22-16-7-9-18(10-8-16)28-19-6-2-4-15(12-19)21-24-20(25-26-21)14-3-1-5-17(11-14)23-13-27/h1-12H,22H2,(H,24,25,26). The molecular formula is C21H15N5O2. The zero-order chi connectivity index (χ0) is 19.3. The first-order valence-electron chi connectivity index (χ1n) is 8.46. The van der Waals surface area contributed by atoms with Crippen molar-refractivity contribution in [1.29, 1.82) is 0 Å². The van der Waals surface area contributed by atoms with Crippen LogP contribution < -0.4 is 10.5 Å². The second kappa shape index (κ2) is 7.57. The highest BCUT2D eigenvalue weighted by Crippen LogP contribution is 2.28. The molecule has 0 spiro atoms. The largest absolute Gasteiger partial charge is 0.457 e. The van der Waals surface area contributed by atoms with Crippen LogP contribution in [0.15, 0.2) is 77.8 Å². The lowest BCUT2D eigenvalue weighted by atomic mass is 10.2. The lowest BCUT2D eigenvalue weighted by molar-refractivity contribution is 0.483. The smallest absolute Gasteiger partial charge is 0.240 e. The molecule has 4 aromatic rings. The average molecular weight is 369 g/mol. The number of nitrogen functional groups attached to an aromatic ring is 1. The molecule has 0 saturated carbocycles. The molecule has 3 N–H and O–H groups in total. The van der Waals surface area contributed by atoms with E-state index in [0.29, 0.717) is 34.5 Å². The Balaban J connectivity index is 1.59. The molecule has 0 bridgehead atoms. The third kappa shape index (κ3) is 3.80. The first kappa shape index (κ1) is 17.2. The van der Waals surface area contributed by atoms with Crippen LogP contribution in [0.3, 0.4) is 0 Å². The highest BCUT2D eigenvalue weighted by atomic mass is 16.5. The van der Waals surface area contributed by atoms with E-state index in [2.05, 4.69) is 20.2 Å². The van der Waals surface area contributed by atoms with Crippen molar-refractivity contribution in [3.05, 3.63) is 72.8 Å². The van der Waals surface area contributed by atoms with Gasteiger partial charge in [0, 0.05) is 16.8 Å². The summed E-state index contributed by atoms with van der Waals surface area (Å²) in [6.45, 7) is 0. The molecule has 1 heterocycles. The summed E-state index contributed by atoms with van der Waals surface area (Å²) < 4.78 is 5.86. The number of hydrogen-bond donors (Lipinski definition) is 2. The number of nitrogens with zero attached hydrogens (tertiary/aromatic N) is 3. The predicted molar refractivity (Wildman–Crippen MR) is 106 cm³/mol. The van der Waals surface area contributed by atoms with E-state index < -0.39 is 0 Å². The molecule has 3 aromatic carbocycles. The normalized spacial score (nSPS) is 10.3. The SMILES string of the molecule is Nc1ccc(Oc2cccc(-c3nc(-c4cccc(N=C=O)c4)n[nH]3)c2)cc1. The summed E-state index contributed by atoms with van der Waals surface area (Å²) >= 11 is 0. The fourth-order valence-corrected chi connectivity index (χ4v) is 2.67. The zero-order valence-corrected chi connectivity index (χ0v) is 14.7. The van der Waals surface area contributed by atoms with Gasteiger partial charge in [-0.25, -0.2) is 9.78 Å². The number of benzene rings is 3. The fourth-order valence-electron chi connectivity index (χ4n) is 2.67. The lowest BCUT2D eigenvalue weighted by Crippen LogP contribution is -1.88. The van der Waals surface area contributed by atoms with Gasteiger partial charge in [0.1, 0.15) is 11.5 Å². The number of nitrogens with one attached hydrogen (secondary N) is 1. The number of anilines is 1. The Kier molecular flexibility index (Phi) is 4.65. The zero-order valence-electron chi connectivity index (χ0n) is 14.7. The van der Waals surface area contributed by atoms with Crippen LogP contribution in [0.5, 0.6) is 11.5 Å². The minimum atomic E-state index is 0.498. The number of ether oxygens (including phenoxy) is 1. The van der Waals surface area contributed by atoms with E-state index in [4.69, 9.17) is 10.5 Å². The molecule has 0 saturated heterocycles. The maximum absolute atomic E-state index is 10.4. The van der Waals surface area contributed by atoms with Gasteiger partial charge in [-0.05, 0) is 48.5 Å². The summed E-state index contributed by atoms with van der Waals surface area (Å²) in [6.07, 6.45) is 1.53. The Morgan fingerprint density at radius 3 is 2.54 bits per heavy atom. The van der Waals surface area contributed by atoms with Gasteiger partial charge >= 0.3 is 0 Å². The van der Waals surface area contributed by atoms with E-state index in [-0.39, 0.29) is 0 Å². The summed E-state index contributed by atoms with van der Waals surface area (Å²) in [5, 5.41) is 7.19. The minimum absolute atomic E-state index is 0.498. The summed E-state index contributed by atoms with van der Waals surface area (Å²) in [4.78, 5) is 18.6. The summed E-state index contributed by atoms with van der Waals surface area (Å²) in [6, 6.07) is 21.8. The lowest BCUT2D eigenvalue weighted by Gasteiger charge is -2.07. The number of hydrogen-bond acceptors (Lipinski definition) is 6. The molecule has 136 valence electrons. The van der Waals surface area contributed by atoms with E-state index in [1.807, 2.05) is 42.5 Å². The van der Waals surface area contributed by atoms with E-state index >= 15 is 0 Å². The van der Waals surface area contributed by atoms with Gasteiger partial charge in [0.05, 0.1) is 5.69 Å². The monoisotopic (exact) mass is 369 g/mol. The Morgan fingerprint density at radius 1 is 0.929 bits per heavy atom. The molecular weight excluding hydrogens is 354 g/mol. The molecule has 0 amide bonds. The Morgan fingerprint density at radius 2 is 1.71 bits per heavy atom. The molecule has 4 rings (SSSR count). The van der Waals surface area contributed by atoms with E-state index in [1.54, 1.807) is 30.3 Å². The van der Waals surface area contributed by atoms with Gasteiger partial charge in [-0.3, -0.25) is 5.10 Å². The van der Waals surface area contributed by atoms with Crippen molar-refractivity contribution in [3.63, 3.8) is 0 Å². The second-order valence-corrected chi connectivity index (χ2v) is 5.96. The van der Waals surface area contributed by atoms with Crippen LogP contribution in [0.2, 0.25) is 0 Å². The van der Waals surface area contributed by atoms with Gasteiger partial charge in [0.2, 0.25) is 6.08 Å². The van der Waals surface area contributed by atoms with Crippen LogP contribution in [-0.2, 0) is 4.79 Å². The van der Waals surface area contributed by atoms with Gasteiger partial charge in [-0.1, -0.05) is 24.3 Å². The van der Waals surface area contributed by atoms with Crippen molar-refractivity contribution in [2.24, 2.45) is 4.99 Å². The Labute approximate surface area is 160 Å². The highest BCUT2D eigenvalue weighted by molar-refractivity contribution is 5.65. The number of rotatable bonds is 5. The van der Waals surface area contributed by atoms with Crippen molar-refractivity contribution in [2.45, 2.75) is 0 Å². The minimum Gasteiger partial charge on any atom is -0.457 e. The van der Waals surface area contributed by atoms with Crippen LogP contribution in [0.1, 0.15) is 0 Å². The maximum atomic E-state index is 10.4. The molecule has 0 aliphatic heterocycles. The number of aromatic amines is 1. The van der Waals surface area contributed by atoms with Crippen molar-refractivity contribution < 1.29 is 9.53 Å². The van der Waals surface area contributed by atoms with Crippen molar-refractivity contribution in [1.82, 2.24) is 15.2 Å². The van der Waals surface area contributed by atoms with E-state index in [0.717, 1.165) is 11.1 Å². The second-order valence-electron chi connectivity index (χ2n) is 5.96. The Hall–Kier alpha value is -4.22. The molecule has 1 aromatic heterocycles. The van der Waals surface area contributed by atoms with Gasteiger partial charge in [0.25, 0.3) is 0 Å². The van der Waals surface area contributed by atoms with E-state index in [9.17, 15) is 4.79 Å². The molecule has 0 atom stereocenters. The predicted octanol–water partition coefficient (Wildman–Crippen LogP) is 4.48.